The Kier molecular flexibility index (Phi) is 4.18. The predicted octanol–water partition coefficient (Wildman–Crippen LogP) is 3.76. The molecule has 0 aliphatic carbocycles. The molecule has 1 N–H and O–H groups in total. The molecule has 1 aromatic heterocycles. The molecule has 0 saturated heterocycles. The number of ether oxygens (including phenoxy) is 1. The predicted molar refractivity (Wildman–Crippen MR) is 71.9 cm³/mol. The van der Waals surface area contributed by atoms with Crippen molar-refractivity contribution in [2.45, 2.75) is 0 Å². The maximum Gasteiger partial charge on any atom is 0.288 e. The smallest absolute Gasteiger partial charge is 0.288 e. The number of pyridine rings is 1. The van der Waals surface area contributed by atoms with E-state index in [2.05, 4.69) is 10.3 Å². The van der Waals surface area contributed by atoms with Crippen LogP contribution in [0.1, 0.15) is 0 Å². The van der Waals surface area contributed by atoms with Crippen LogP contribution in [0.2, 0.25) is 5.02 Å². The Bertz CT molecular complexity index is 712. The average Bonchev–Trinajstić information content (AvgIpc) is 2.41. The van der Waals surface area contributed by atoms with E-state index in [4.69, 9.17) is 16.3 Å². The fourth-order valence-corrected chi connectivity index (χ4v) is 1.75. The second-order valence-corrected chi connectivity index (χ2v) is 4.24. The molecule has 6 nitrogen and oxygen atoms in total. The molecule has 0 unspecified atom stereocenters. The van der Waals surface area contributed by atoms with Gasteiger partial charge in [0.2, 0.25) is 0 Å². The first-order valence-corrected chi connectivity index (χ1v) is 5.95. The van der Waals surface area contributed by atoms with Crippen LogP contribution in [0.25, 0.3) is 0 Å². The second-order valence-electron chi connectivity index (χ2n) is 3.83. The molecular weight excluding hydrogens is 308 g/mol. The Morgan fingerprint density at radius 3 is 2.62 bits per heavy atom. The average molecular weight is 316 g/mol. The molecule has 0 aliphatic heterocycles. The van der Waals surface area contributed by atoms with Crippen LogP contribution in [0, 0.1) is 21.7 Å². The lowest BCUT2D eigenvalue weighted by atomic mass is 10.3. The molecule has 9 heteroatoms. The summed E-state index contributed by atoms with van der Waals surface area (Å²) in [6, 6.07) is 4.09. The van der Waals surface area contributed by atoms with Gasteiger partial charge in [-0.1, -0.05) is 11.6 Å². The van der Waals surface area contributed by atoms with E-state index in [9.17, 15) is 18.9 Å². The number of nitro groups is 1. The van der Waals surface area contributed by atoms with Crippen molar-refractivity contribution in [2.75, 3.05) is 12.4 Å². The Balaban J connectivity index is 2.34. The third-order valence-electron chi connectivity index (χ3n) is 2.46. The first-order valence-electron chi connectivity index (χ1n) is 5.58. The molecule has 0 aliphatic rings. The summed E-state index contributed by atoms with van der Waals surface area (Å²) >= 11 is 5.71. The van der Waals surface area contributed by atoms with Crippen molar-refractivity contribution in [1.29, 1.82) is 0 Å². The first kappa shape index (κ1) is 14.9. The Labute approximate surface area is 122 Å². The molecule has 2 aromatic rings. The van der Waals surface area contributed by atoms with Gasteiger partial charge in [-0.25, -0.2) is 8.78 Å². The van der Waals surface area contributed by atoms with E-state index in [-0.39, 0.29) is 22.3 Å². The van der Waals surface area contributed by atoms with Crippen molar-refractivity contribution in [1.82, 2.24) is 4.98 Å². The summed E-state index contributed by atoms with van der Waals surface area (Å²) in [5.41, 5.74) is -0.313. The van der Waals surface area contributed by atoms with Gasteiger partial charge in [0.25, 0.3) is 11.6 Å². The van der Waals surface area contributed by atoms with Gasteiger partial charge in [0.05, 0.1) is 4.92 Å². The maximum atomic E-state index is 13.6. The zero-order valence-corrected chi connectivity index (χ0v) is 11.3. The van der Waals surface area contributed by atoms with Gasteiger partial charge in [0.1, 0.15) is 10.8 Å². The molecule has 0 atom stereocenters. The van der Waals surface area contributed by atoms with Gasteiger partial charge >= 0.3 is 0 Å². The van der Waals surface area contributed by atoms with Crippen LogP contribution in [0.15, 0.2) is 24.3 Å². The number of benzene rings is 1. The Morgan fingerprint density at radius 1 is 1.33 bits per heavy atom. The van der Waals surface area contributed by atoms with Gasteiger partial charge in [0, 0.05) is 25.2 Å². The second kappa shape index (κ2) is 5.88. The van der Waals surface area contributed by atoms with Crippen LogP contribution in [0.4, 0.5) is 20.3 Å². The maximum absolute atomic E-state index is 13.6. The standard InChI is InChI=1S/C12H8ClF2N3O3/c1-16-11-8(14)5-9(15)12(17-11)21-6-2-3-10(18(19)20)7(13)4-6/h2-5H,1H3,(H,16,17). The molecule has 2 rings (SSSR count). The summed E-state index contributed by atoms with van der Waals surface area (Å²) < 4.78 is 31.9. The zero-order chi connectivity index (χ0) is 15.6. The fraction of sp³-hybridized carbons (Fsp3) is 0.0833. The van der Waals surface area contributed by atoms with Crippen molar-refractivity contribution in [3.05, 3.63) is 51.0 Å². The highest BCUT2D eigenvalue weighted by atomic mass is 35.5. The number of hydrogen-bond acceptors (Lipinski definition) is 5. The number of aromatic nitrogens is 1. The van der Waals surface area contributed by atoms with Crippen molar-refractivity contribution in [3.8, 4) is 11.6 Å². The van der Waals surface area contributed by atoms with Crippen LogP contribution in [0.5, 0.6) is 11.6 Å². The number of anilines is 1. The van der Waals surface area contributed by atoms with Crippen LogP contribution < -0.4 is 10.1 Å². The summed E-state index contributed by atoms with van der Waals surface area (Å²) in [4.78, 5) is 13.6. The minimum atomic E-state index is -1.01. The van der Waals surface area contributed by atoms with Gasteiger partial charge in [0.15, 0.2) is 17.5 Å². The zero-order valence-electron chi connectivity index (χ0n) is 10.6. The lowest BCUT2D eigenvalue weighted by molar-refractivity contribution is -0.384. The molecule has 1 aromatic carbocycles. The lowest BCUT2D eigenvalue weighted by Crippen LogP contribution is -2.01. The number of nitrogens with zero attached hydrogens (tertiary/aromatic N) is 2. The SMILES string of the molecule is CNc1nc(Oc2ccc([N+](=O)[O-])c(Cl)c2)c(F)cc1F. The minimum Gasteiger partial charge on any atom is -0.436 e. The van der Waals surface area contributed by atoms with E-state index in [0.29, 0.717) is 6.07 Å². The van der Waals surface area contributed by atoms with E-state index in [1.165, 1.54) is 13.1 Å². The largest absolute Gasteiger partial charge is 0.436 e. The summed E-state index contributed by atoms with van der Waals surface area (Å²) in [5.74, 6) is -2.53. The summed E-state index contributed by atoms with van der Waals surface area (Å²) in [6.07, 6.45) is 0. The lowest BCUT2D eigenvalue weighted by Gasteiger charge is -2.08. The molecule has 21 heavy (non-hydrogen) atoms. The highest BCUT2D eigenvalue weighted by molar-refractivity contribution is 6.32. The molecule has 0 bridgehead atoms. The summed E-state index contributed by atoms with van der Waals surface area (Å²) in [7, 11) is 1.41. The fourth-order valence-electron chi connectivity index (χ4n) is 1.51. The topological polar surface area (TPSA) is 77.3 Å². The van der Waals surface area contributed by atoms with Crippen LogP contribution in [-0.2, 0) is 0 Å². The van der Waals surface area contributed by atoms with Crippen molar-refractivity contribution in [2.24, 2.45) is 0 Å². The number of rotatable bonds is 4. The molecule has 1 heterocycles. The Hall–Kier alpha value is -2.48. The molecular formula is C12H8ClF2N3O3. The number of nitrogens with one attached hydrogen (secondary N) is 1. The van der Waals surface area contributed by atoms with E-state index in [1.54, 1.807) is 0 Å². The minimum absolute atomic E-state index is 0.0330. The van der Waals surface area contributed by atoms with Crippen molar-refractivity contribution in [3.63, 3.8) is 0 Å². The quantitative estimate of drug-likeness (QED) is 0.686. The normalized spacial score (nSPS) is 10.3. The number of hydrogen-bond donors (Lipinski definition) is 1. The van der Waals surface area contributed by atoms with E-state index >= 15 is 0 Å². The van der Waals surface area contributed by atoms with Crippen molar-refractivity contribution >= 4 is 23.1 Å². The third kappa shape index (κ3) is 3.16. The summed E-state index contributed by atoms with van der Waals surface area (Å²) in [5, 5.41) is 12.9. The van der Waals surface area contributed by atoms with Crippen LogP contribution >= 0.6 is 11.6 Å². The molecule has 110 valence electrons. The molecule has 0 amide bonds. The van der Waals surface area contributed by atoms with Gasteiger partial charge in [-0.05, 0) is 6.07 Å². The van der Waals surface area contributed by atoms with Gasteiger partial charge < -0.3 is 10.1 Å². The van der Waals surface area contributed by atoms with E-state index < -0.39 is 22.4 Å². The van der Waals surface area contributed by atoms with Crippen LogP contribution in [0.3, 0.4) is 0 Å². The van der Waals surface area contributed by atoms with Gasteiger partial charge in [-0.15, -0.1) is 0 Å². The van der Waals surface area contributed by atoms with Gasteiger partial charge in [-0.2, -0.15) is 4.98 Å². The van der Waals surface area contributed by atoms with Crippen LogP contribution in [-0.4, -0.2) is 17.0 Å². The number of nitro benzene ring substituents is 1. The highest BCUT2D eigenvalue weighted by Crippen LogP contribution is 2.32. The monoisotopic (exact) mass is 315 g/mol. The molecule has 0 spiro atoms. The van der Waals surface area contributed by atoms with Gasteiger partial charge in [-0.3, -0.25) is 10.1 Å². The molecule has 0 saturated carbocycles. The highest BCUT2D eigenvalue weighted by Gasteiger charge is 2.16. The third-order valence-corrected chi connectivity index (χ3v) is 2.77. The van der Waals surface area contributed by atoms with E-state index in [1.807, 2.05) is 0 Å². The first-order chi connectivity index (χ1) is 9.92. The Morgan fingerprint density at radius 2 is 2.05 bits per heavy atom. The van der Waals surface area contributed by atoms with E-state index in [0.717, 1.165) is 12.1 Å². The molecule has 0 radical (unpaired) electrons. The molecule has 0 fully saturated rings. The summed E-state index contributed by atoms with van der Waals surface area (Å²) in [6.45, 7) is 0. The number of halogens is 3. The van der Waals surface area contributed by atoms with Crippen molar-refractivity contribution < 1.29 is 18.4 Å².